The first kappa shape index (κ1) is 9.29. The molecule has 14 heavy (non-hydrogen) atoms. The van der Waals surface area contributed by atoms with Crippen molar-refractivity contribution in [1.29, 1.82) is 0 Å². The van der Waals surface area contributed by atoms with Gasteiger partial charge in [-0.3, -0.25) is 0 Å². The molecule has 0 radical (unpaired) electrons. The first-order chi connectivity index (χ1) is 6.68. The van der Waals surface area contributed by atoms with Crippen molar-refractivity contribution in [2.75, 3.05) is 0 Å². The number of nitrogens with two attached hydrogens (primary N) is 1. The Labute approximate surface area is 85.6 Å². The van der Waals surface area contributed by atoms with Gasteiger partial charge in [0.15, 0.2) is 5.82 Å². The Morgan fingerprint density at radius 3 is 2.86 bits per heavy atom. The van der Waals surface area contributed by atoms with Crippen molar-refractivity contribution >= 4 is 11.3 Å². The van der Waals surface area contributed by atoms with E-state index >= 15 is 0 Å². The average molecular weight is 209 g/mol. The largest absolute Gasteiger partial charge is 0.322 e. The summed E-state index contributed by atoms with van der Waals surface area (Å²) in [6.45, 7) is 1.92. The van der Waals surface area contributed by atoms with Gasteiger partial charge in [-0.2, -0.15) is 0 Å². The van der Waals surface area contributed by atoms with Crippen LogP contribution in [0.1, 0.15) is 18.0 Å². The molecule has 0 saturated heterocycles. The maximum atomic E-state index is 5.72. The number of rotatable bonds is 2. The zero-order valence-electron chi connectivity index (χ0n) is 8.01. The third-order valence-electron chi connectivity index (χ3n) is 1.85. The van der Waals surface area contributed by atoms with Crippen LogP contribution in [0.4, 0.5) is 0 Å². The molecule has 2 aromatic heterocycles. The van der Waals surface area contributed by atoms with Crippen LogP contribution in [-0.4, -0.2) is 19.7 Å². The quantitative estimate of drug-likeness (QED) is 0.799. The predicted molar refractivity (Wildman–Crippen MR) is 54.7 cm³/mol. The van der Waals surface area contributed by atoms with Crippen LogP contribution in [0.2, 0.25) is 0 Å². The maximum Gasteiger partial charge on any atom is 0.183 e. The van der Waals surface area contributed by atoms with Crippen molar-refractivity contribution in [2.45, 2.75) is 13.0 Å². The van der Waals surface area contributed by atoms with Crippen LogP contribution in [0.25, 0.3) is 11.5 Å². The van der Waals surface area contributed by atoms with E-state index in [4.69, 9.17) is 5.73 Å². The van der Waals surface area contributed by atoms with Gasteiger partial charge in [0.2, 0.25) is 0 Å². The van der Waals surface area contributed by atoms with Crippen molar-refractivity contribution in [3.8, 4) is 11.5 Å². The molecule has 1 unspecified atom stereocenters. The molecule has 0 aliphatic heterocycles. The van der Waals surface area contributed by atoms with Crippen LogP contribution in [0.5, 0.6) is 0 Å². The van der Waals surface area contributed by atoms with Crippen molar-refractivity contribution in [2.24, 2.45) is 12.8 Å². The van der Waals surface area contributed by atoms with E-state index in [0.29, 0.717) is 0 Å². The summed E-state index contributed by atoms with van der Waals surface area (Å²) in [7, 11) is 1.89. The summed E-state index contributed by atoms with van der Waals surface area (Å²) in [5.74, 6) is 0.771. The Balaban J connectivity index is 2.39. The summed E-state index contributed by atoms with van der Waals surface area (Å²) in [5.41, 5.74) is 6.56. The minimum Gasteiger partial charge on any atom is -0.322 e. The third-order valence-corrected chi connectivity index (χ3v) is 2.90. The molecule has 0 aliphatic carbocycles. The second-order valence-corrected chi connectivity index (χ2v) is 4.01. The lowest BCUT2D eigenvalue weighted by Gasteiger charge is -1.97. The van der Waals surface area contributed by atoms with Gasteiger partial charge in [-0.05, 0) is 6.92 Å². The van der Waals surface area contributed by atoms with Crippen LogP contribution in [0, 0.1) is 0 Å². The molecule has 1 atom stereocenters. The highest BCUT2D eigenvalue weighted by Crippen LogP contribution is 2.22. The topological polar surface area (TPSA) is 69.6 Å². The fourth-order valence-corrected chi connectivity index (χ4v) is 1.87. The van der Waals surface area contributed by atoms with E-state index in [2.05, 4.69) is 15.2 Å². The van der Waals surface area contributed by atoms with E-state index in [1.807, 2.05) is 23.9 Å². The van der Waals surface area contributed by atoms with Crippen molar-refractivity contribution in [3.05, 3.63) is 16.7 Å². The molecule has 0 spiro atoms. The number of aromatic nitrogens is 4. The minimum atomic E-state index is -0.0259. The molecule has 0 saturated carbocycles. The molecule has 2 N–H and O–H groups in total. The zero-order chi connectivity index (χ0) is 10.1. The van der Waals surface area contributed by atoms with Gasteiger partial charge in [0.1, 0.15) is 17.0 Å². The van der Waals surface area contributed by atoms with Gasteiger partial charge in [-0.15, -0.1) is 21.5 Å². The lowest BCUT2D eigenvalue weighted by Crippen LogP contribution is -2.04. The van der Waals surface area contributed by atoms with Gasteiger partial charge in [-0.25, -0.2) is 4.98 Å². The van der Waals surface area contributed by atoms with Crippen LogP contribution < -0.4 is 5.73 Å². The molecule has 2 aromatic rings. The van der Waals surface area contributed by atoms with Gasteiger partial charge in [0.25, 0.3) is 0 Å². The van der Waals surface area contributed by atoms with Gasteiger partial charge in [0.05, 0.1) is 6.04 Å². The number of hydrogen-bond donors (Lipinski definition) is 1. The molecule has 0 aromatic carbocycles. The molecular formula is C8H11N5S. The third kappa shape index (κ3) is 1.53. The second-order valence-electron chi connectivity index (χ2n) is 3.13. The van der Waals surface area contributed by atoms with Crippen LogP contribution in [0.3, 0.4) is 0 Å². The smallest absolute Gasteiger partial charge is 0.183 e. The highest BCUT2D eigenvalue weighted by molar-refractivity contribution is 7.10. The number of aryl methyl sites for hydroxylation is 1. The summed E-state index contributed by atoms with van der Waals surface area (Å²) in [6, 6.07) is -0.0259. The van der Waals surface area contributed by atoms with Crippen molar-refractivity contribution in [1.82, 2.24) is 19.7 Å². The predicted octanol–water partition coefficient (Wildman–Crippen LogP) is 0.958. The lowest BCUT2D eigenvalue weighted by molar-refractivity contribution is 0.805. The summed E-state index contributed by atoms with van der Waals surface area (Å²) in [5, 5.41) is 10.6. The van der Waals surface area contributed by atoms with Crippen LogP contribution >= 0.6 is 11.3 Å². The molecule has 2 heterocycles. The van der Waals surface area contributed by atoms with Crippen molar-refractivity contribution in [3.63, 3.8) is 0 Å². The highest BCUT2D eigenvalue weighted by atomic mass is 32.1. The van der Waals surface area contributed by atoms with E-state index in [-0.39, 0.29) is 6.04 Å². The molecule has 0 aliphatic rings. The molecular weight excluding hydrogens is 198 g/mol. The van der Waals surface area contributed by atoms with Gasteiger partial charge >= 0.3 is 0 Å². The molecule has 0 amide bonds. The molecule has 2 rings (SSSR count). The SMILES string of the molecule is CC(N)c1nc(-c2nncn2C)cs1. The van der Waals surface area contributed by atoms with Crippen molar-refractivity contribution < 1.29 is 0 Å². The maximum absolute atomic E-state index is 5.72. The summed E-state index contributed by atoms with van der Waals surface area (Å²) >= 11 is 1.55. The number of hydrogen-bond acceptors (Lipinski definition) is 5. The monoisotopic (exact) mass is 209 g/mol. The molecule has 74 valence electrons. The van der Waals surface area contributed by atoms with E-state index in [0.717, 1.165) is 16.5 Å². The molecule has 0 fully saturated rings. The Bertz CT molecular complexity index is 430. The van der Waals surface area contributed by atoms with Gasteiger partial charge < -0.3 is 10.3 Å². The Hall–Kier alpha value is -1.27. The van der Waals surface area contributed by atoms with Crippen LogP contribution in [0.15, 0.2) is 11.7 Å². The standard InChI is InChI=1S/C8H11N5S/c1-5(9)8-11-6(3-14-8)7-12-10-4-13(7)2/h3-5H,9H2,1-2H3. The highest BCUT2D eigenvalue weighted by Gasteiger charge is 2.11. The summed E-state index contributed by atoms with van der Waals surface area (Å²) in [4.78, 5) is 4.38. The molecule has 6 heteroatoms. The fraction of sp³-hybridized carbons (Fsp3) is 0.375. The average Bonchev–Trinajstić information content (AvgIpc) is 2.71. The molecule has 5 nitrogen and oxygen atoms in total. The van der Waals surface area contributed by atoms with E-state index < -0.39 is 0 Å². The van der Waals surface area contributed by atoms with Gasteiger partial charge in [-0.1, -0.05) is 0 Å². The molecule has 0 bridgehead atoms. The van der Waals surface area contributed by atoms with E-state index in [1.54, 1.807) is 17.7 Å². The van der Waals surface area contributed by atoms with Crippen LogP contribution in [-0.2, 0) is 7.05 Å². The Morgan fingerprint density at radius 2 is 2.36 bits per heavy atom. The normalized spacial score (nSPS) is 13.1. The van der Waals surface area contributed by atoms with E-state index in [9.17, 15) is 0 Å². The number of nitrogens with zero attached hydrogens (tertiary/aromatic N) is 4. The summed E-state index contributed by atoms with van der Waals surface area (Å²) < 4.78 is 1.83. The first-order valence-electron chi connectivity index (χ1n) is 4.24. The number of thiazole rings is 1. The van der Waals surface area contributed by atoms with E-state index in [1.165, 1.54) is 0 Å². The second kappa shape index (κ2) is 3.47. The fourth-order valence-electron chi connectivity index (χ4n) is 1.11. The Morgan fingerprint density at radius 1 is 1.57 bits per heavy atom. The summed E-state index contributed by atoms with van der Waals surface area (Å²) in [6.07, 6.45) is 1.65. The van der Waals surface area contributed by atoms with Gasteiger partial charge in [0, 0.05) is 12.4 Å². The minimum absolute atomic E-state index is 0.0259. The first-order valence-corrected chi connectivity index (χ1v) is 5.12. The zero-order valence-corrected chi connectivity index (χ0v) is 8.82. The Kier molecular flexibility index (Phi) is 2.30. The lowest BCUT2D eigenvalue weighted by atomic mass is 10.4.